The van der Waals surface area contributed by atoms with Crippen LogP contribution in [0.2, 0.25) is 0 Å². The number of carbonyl (C=O) groups excluding carboxylic acids is 1. The second-order valence-corrected chi connectivity index (χ2v) is 9.21. The van der Waals surface area contributed by atoms with Gasteiger partial charge in [-0.3, -0.25) is 9.48 Å². The predicted molar refractivity (Wildman–Crippen MR) is 136 cm³/mol. The van der Waals surface area contributed by atoms with Crippen molar-refractivity contribution >= 4 is 28.0 Å². The van der Waals surface area contributed by atoms with Gasteiger partial charge in [-0.05, 0) is 22.9 Å². The molecule has 3 aromatic carbocycles. The highest BCUT2D eigenvalue weighted by atomic mass is 19.4. The van der Waals surface area contributed by atoms with Gasteiger partial charge in [-0.25, -0.2) is 27.1 Å². The third kappa shape index (κ3) is 4.91. The molecule has 0 atom stereocenters. The maximum atomic E-state index is 14.0. The lowest BCUT2D eigenvalue weighted by Crippen LogP contribution is -2.15. The number of hydrogen-bond acceptors (Lipinski definition) is 4. The lowest BCUT2D eigenvalue weighted by atomic mass is 10.0. The fourth-order valence-electron chi connectivity index (χ4n) is 4.40. The minimum Gasteiger partial charge on any atom is -0.318 e. The average Bonchev–Trinajstić information content (AvgIpc) is 3.59. The van der Waals surface area contributed by atoms with E-state index in [1.165, 1.54) is 0 Å². The van der Waals surface area contributed by atoms with E-state index in [4.69, 9.17) is 0 Å². The van der Waals surface area contributed by atoms with Crippen LogP contribution in [-0.4, -0.2) is 30.3 Å². The molecule has 0 aliphatic rings. The number of amides is 1. The Bertz CT molecular complexity index is 2010. The minimum absolute atomic E-state index is 0.0127. The fraction of sp³-hybridized carbons (Fsp3) is 0.0714. The molecular weight excluding hydrogens is 569 g/mol. The highest BCUT2D eigenvalue weighted by Gasteiger charge is 2.35. The number of benzene rings is 3. The van der Waals surface area contributed by atoms with E-state index in [9.17, 15) is 35.5 Å². The Kier molecular flexibility index (Phi) is 6.40. The minimum atomic E-state index is -4.84. The maximum absolute atomic E-state index is 14.0. The van der Waals surface area contributed by atoms with E-state index in [2.05, 4.69) is 20.5 Å². The molecular formula is C28H15F7N6O. The summed E-state index contributed by atoms with van der Waals surface area (Å²) in [5.74, 6) is -7.54. The summed E-state index contributed by atoms with van der Waals surface area (Å²) in [5, 5.41) is 11.7. The number of aromatic nitrogens is 5. The molecule has 6 rings (SSSR count). The van der Waals surface area contributed by atoms with E-state index >= 15 is 0 Å². The smallest absolute Gasteiger partial charge is 0.318 e. The van der Waals surface area contributed by atoms with E-state index in [0.717, 1.165) is 40.0 Å². The van der Waals surface area contributed by atoms with Crippen LogP contribution in [0.4, 0.5) is 36.4 Å². The van der Waals surface area contributed by atoms with Crippen LogP contribution >= 0.6 is 0 Å². The van der Waals surface area contributed by atoms with Crippen LogP contribution in [0.25, 0.3) is 27.7 Å². The van der Waals surface area contributed by atoms with Crippen LogP contribution in [0.3, 0.4) is 0 Å². The molecule has 0 aliphatic heterocycles. The molecule has 0 aliphatic carbocycles. The van der Waals surface area contributed by atoms with Gasteiger partial charge in [0.05, 0.1) is 24.1 Å². The molecule has 14 heteroatoms. The highest BCUT2D eigenvalue weighted by Crippen LogP contribution is 2.33. The van der Waals surface area contributed by atoms with Gasteiger partial charge in [0, 0.05) is 29.5 Å². The van der Waals surface area contributed by atoms with Crippen molar-refractivity contribution in [3.8, 4) is 11.3 Å². The van der Waals surface area contributed by atoms with Crippen molar-refractivity contribution in [1.82, 2.24) is 24.4 Å². The molecule has 7 nitrogen and oxygen atoms in total. The van der Waals surface area contributed by atoms with Crippen LogP contribution < -0.4 is 5.32 Å². The third-order valence-corrected chi connectivity index (χ3v) is 6.42. The van der Waals surface area contributed by atoms with Crippen LogP contribution in [0.5, 0.6) is 0 Å². The summed E-state index contributed by atoms with van der Waals surface area (Å²) in [7, 11) is 0. The van der Waals surface area contributed by atoms with Gasteiger partial charge < -0.3 is 5.32 Å². The predicted octanol–water partition coefficient (Wildman–Crippen LogP) is 6.62. The number of nitrogens with one attached hydrogen (secondary N) is 1. The molecule has 0 saturated heterocycles. The Morgan fingerprint density at radius 2 is 1.64 bits per heavy atom. The summed E-state index contributed by atoms with van der Waals surface area (Å²) in [6.07, 6.45) is -2.62. The van der Waals surface area contributed by atoms with Gasteiger partial charge in [-0.1, -0.05) is 36.4 Å². The quantitative estimate of drug-likeness (QED) is 0.140. The monoisotopic (exact) mass is 584 g/mol. The molecule has 3 aromatic heterocycles. The zero-order valence-corrected chi connectivity index (χ0v) is 20.9. The Morgan fingerprint density at radius 1 is 0.881 bits per heavy atom. The van der Waals surface area contributed by atoms with Crippen molar-refractivity contribution in [3.05, 3.63) is 113 Å². The molecule has 0 unspecified atom stereocenters. The second kappa shape index (κ2) is 9.98. The lowest BCUT2D eigenvalue weighted by Gasteiger charge is -2.11. The zero-order chi connectivity index (χ0) is 29.8. The maximum Gasteiger partial charge on any atom is 0.433 e. The molecule has 212 valence electrons. The Labute approximate surface area is 230 Å². The Balaban J connectivity index is 1.29. The van der Waals surface area contributed by atoms with Gasteiger partial charge in [0.2, 0.25) is 0 Å². The molecule has 0 saturated carbocycles. The highest BCUT2D eigenvalue weighted by molar-refractivity contribution is 6.03. The van der Waals surface area contributed by atoms with Crippen molar-refractivity contribution in [3.63, 3.8) is 0 Å². The summed E-state index contributed by atoms with van der Waals surface area (Å²) in [6, 6.07) is 14.5. The van der Waals surface area contributed by atoms with E-state index in [0.29, 0.717) is 10.1 Å². The average molecular weight is 584 g/mol. The summed E-state index contributed by atoms with van der Waals surface area (Å²) in [4.78, 5) is 17.2. The van der Waals surface area contributed by atoms with Gasteiger partial charge in [0.1, 0.15) is 5.82 Å². The summed E-state index contributed by atoms with van der Waals surface area (Å²) < 4.78 is 98.2. The first-order valence-electron chi connectivity index (χ1n) is 12.1. The van der Waals surface area contributed by atoms with Gasteiger partial charge in [-0.2, -0.15) is 23.4 Å². The van der Waals surface area contributed by atoms with Gasteiger partial charge in [0.15, 0.2) is 34.5 Å². The van der Waals surface area contributed by atoms with Crippen LogP contribution in [0.1, 0.15) is 21.7 Å². The standard InChI is InChI=1S/C28H15F7N6O/c29-19-8-20(30)26(32)25(31)18(19)13-40-12-17(11-36-40)37-27(42)22-10-24-38-21(9-23(28(33,34)35)41(24)39-22)16-6-5-14-3-1-2-4-15(14)7-16/h1-12H,13H2,(H,37,42). The first kappa shape index (κ1) is 26.9. The fourth-order valence-corrected chi connectivity index (χ4v) is 4.40. The molecule has 42 heavy (non-hydrogen) atoms. The van der Waals surface area contributed by atoms with E-state index < -0.39 is 58.8 Å². The first-order chi connectivity index (χ1) is 20.0. The molecule has 0 fully saturated rings. The number of anilines is 1. The van der Waals surface area contributed by atoms with Gasteiger partial charge in [-0.15, -0.1) is 0 Å². The number of alkyl halides is 3. The molecule has 6 aromatic rings. The van der Waals surface area contributed by atoms with Crippen molar-refractivity contribution < 1.29 is 35.5 Å². The molecule has 1 N–H and O–H groups in total. The Hall–Kier alpha value is -5.27. The number of nitrogens with zero attached hydrogens (tertiary/aromatic N) is 5. The lowest BCUT2D eigenvalue weighted by molar-refractivity contribution is -0.142. The van der Waals surface area contributed by atoms with Crippen LogP contribution in [0, 0.1) is 23.3 Å². The molecule has 1 amide bonds. The number of hydrogen-bond donors (Lipinski definition) is 1. The molecule has 0 spiro atoms. The topological polar surface area (TPSA) is 77.1 Å². The van der Waals surface area contributed by atoms with Crippen molar-refractivity contribution in [1.29, 1.82) is 0 Å². The first-order valence-corrected chi connectivity index (χ1v) is 12.1. The van der Waals surface area contributed by atoms with Crippen molar-refractivity contribution in [2.24, 2.45) is 0 Å². The number of halogens is 7. The molecule has 3 heterocycles. The van der Waals surface area contributed by atoms with E-state index in [-0.39, 0.29) is 23.1 Å². The van der Waals surface area contributed by atoms with Gasteiger partial charge in [0.25, 0.3) is 5.91 Å². The van der Waals surface area contributed by atoms with Crippen molar-refractivity contribution in [2.45, 2.75) is 12.7 Å². The SMILES string of the molecule is O=C(Nc1cnn(Cc2c(F)cc(F)c(F)c2F)c1)c1cc2nc(-c3ccc4ccccc4c3)cc(C(F)(F)F)n2n1. The van der Waals surface area contributed by atoms with E-state index in [1.54, 1.807) is 24.3 Å². The van der Waals surface area contributed by atoms with Crippen LogP contribution in [0.15, 0.2) is 73.1 Å². The summed E-state index contributed by atoms with van der Waals surface area (Å²) >= 11 is 0. The summed E-state index contributed by atoms with van der Waals surface area (Å²) in [5.41, 5.74) is -2.17. The number of fused-ring (bicyclic) bond motifs is 2. The number of rotatable bonds is 5. The largest absolute Gasteiger partial charge is 0.433 e. The molecule has 0 bridgehead atoms. The van der Waals surface area contributed by atoms with Gasteiger partial charge >= 0.3 is 6.18 Å². The zero-order valence-electron chi connectivity index (χ0n) is 20.9. The van der Waals surface area contributed by atoms with E-state index in [1.807, 2.05) is 18.2 Å². The second-order valence-electron chi connectivity index (χ2n) is 9.21. The van der Waals surface area contributed by atoms with Crippen molar-refractivity contribution in [2.75, 3.05) is 5.32 Å². The normalized spacial score (nSPS) is 11.9. The van der Waals surface area contributed by atoms with Crippen LogP contribution in [-0.2, 0) is 12.7 Å². The number of carbonyl (C=O) groups is 1. The molecule has 0 radical (unpaired) electrons. The third-order valence-electron chi connectivity index (χ3n) is 6.42. The summed E-state index contributed by atoms with van der Waals surface area (Å²) in [6.45, 7) is -0.643. The Morgan fingerprint density at radius 3 is 2.40 bits per heavy atom.